The van der Waals surface area contributed by atoms with Crippen LogP contribution < -0.4 is 0 Å². The molecule has 0 unspecified atom stereocenters. The third-order valence-electron chi connectivity index (χ3n) is 5.58. The minimum absolute atomic E-state index is 0.174. The molecule has 2 aliphatic rings. The van der Waals surface area contributed by atoms with Gasteiger partial charge >= 0.3 is 0 Å². The Balaban J connectivity index is 1.75. The highest BCUT2D eigenvalue weighted by atomic mass is 16.2. The fraction of sp³-hybridized carbons (Fsp3) is 0.778. The van der Waals surface area contributed by atoms with Crippen molar-refractivity contribution in [3.63, 3.8) is 0 Å². The molecule has 1 saturated carbocycles. The van der Waals surface area contributed by atoms with Crippen molar-refractivity contribution in [1.29, 1.82) is 0 Å². The van der Waals surface area contributed by atoms with Crippen molar-refractivity contribution < 1.29 is 4.79 Å². The number of hydrogen-bond donors (Lipinski definition) is 1. The Labute approximate surface area is 139 Å². The predicted octanol–water partition coefficient (Wildman–Crippen LogP) is 3.01. The van der Waals surface area contributed by atoms with Crippen LogP contribution in [0.1, 0.15) is 73.3 Å². The van der Waals surface area contributed by atoms with Crippen molar-refractivity contribution in [2.45, 2.75) is 63.3 Å². The number of likely N-dealkylation sites (tertiary alicyclic amines) is 1. The highest BCUT2D eigenvalue weighted by molar-refractivity contribution is 5.95. The van der Waals surface area contributed by atoms with Gasteiger partial charge in [-0.25, -0.2) is 0 Å². The van der Waals surface area contributed by atoms with E-state index in [2.05, 4.69) is 34.1 Å². The standard InChI is InChI=1S/C18H30N4O/c1-21(2)15-10-6-7-11-22(13-15)18(23)16-12-19-20-17(16)14-8-4-3-5-9-14/h12,14-15H,3-11,13H2,1-2H3,(H,19,20)/t15-/m0/s1. The van der Waals surface area contributed by atoms with Gasteiger partial charge in [-0.15, -0.1) is 0 Å². The van der Waals surface area contributed by atoms with Crippen LogP contribution in [0.2, 0.25) is 0 Å². The second kappa shape index (κ2) is 7.47. The van der Waals surface area contributed by atoms with E-state index >= 15 is 0 Å². The van der Waals surface area contributed by atoms with Crippen LogP contribution in [-0.2, 0) is 0 Å². The lowest BCUT2D eigenvalue weighted by Gasteiger charge is -2.29. The van der Waals surface area contributed by atoms with Crippen molar-refractivity contribution in [2.75, 3.05) is 27.2 Å². The SMILES string of the molecule is CN(C)[C@H]1CCCCN(C(=O)c2cn[nH]c2C2CCCCC2)C1. The zero-order chi connectivity index (χ0) is 16.2. The van der Waals surface area contributed by atoms with Crippen LogP contribution in [0.15, 0.2) is 6.20 Å². The average Bonchev–Trinajstić information content (AvgIpc) is 2.92. The fourth-order valence-electron chi connectivity index (χ4n) is 4.06. The van der Waals surface area contributed by atoms with Gasteiger partial charge in [-0.2, -0.15) is 5.10 Å². The molecule has 1 aromatic rings. The highest BCUT2D eigenvalue weighted by Gasteiger charge is 2.29. The molecule has 5 nitrogen and oxygen atoms in total. The fourth-order valence-corrected chi connectivity index (χ4v) is 4.06. The second-order valence-electron chi connectivity index (χ2n) is 7.40. The minimum Gasteiger partial charge on any atom is -0.337 e. The van der Waals surface area contributed by atoms with Gasteiger partial charge in [0.25, 0.3) is 5.91 Å². The molecule has 1 atom stereocenters. The van der Waals surface area contributed by atoms with Crippen LogP contribution in [0.4, 0.5) is 0 Å². The second-order valence-corrected chi connectivity index (χ2v) is 7.40. The zero-order valence-corrected chi connectivity index (χ0v) is 14.6. The number of aromatic nitrogens is 2. The number of aromatic amines is 1. The molecule has 3 rings (SSSR count). The number of hydrogen-bond acceptors (Lipinski definition) is 3. The summed E-state index contributed by atoms with van der Waals surface area (Å²) in [5.74, 6) is 0.662. The largest absolute Gasteiger partial charge is 0.337 e. The first-order valence-electron chi connectivity index (χ1n) is 9.15. The molecular weight excluding hydrogens is 288 g/mol. The first-order chi connectivity index (χ1) is 11.2. The quantitative estimate of drug-likeness (QED) is 0.932. The van der Waals surface area contributed by atoms with Gasteiger partial charge in [0.2, 0.25) is 0 Å². The minimum atomic E-state index is 0.174. The van der Waals surface area contributed by atoms with E-state index in [1.165, 1.54) is 44.9 Å². The van der Waals surface area contributed by atoms with Crippen LogP contribution in [0.25, 0.3) is 0 Å². The Bertz CT molecular complexity index is 519. The normalized spacial score (nSPS) is 24.0. The summed E-state index contributed by atoms with van der Waals surface area (Å²) in [6.07, 6.45) is 11.5. The molecule has 1 amide bonds. The smallest absolute Gasteiger partial charge is 0.257 e. The first kappa shape index (κ1) is 16.5. The molecular formula is C18H30N4O. The van der Waals surface area contributed by atoms with E-state index in [4.69, 9.17) is 0 Å². The predicted molar refractivity (Wildman–Crippen MR) is 91.6 cm³/mol. The van der Waals surface area contributed by atoms with Crippen LogP contribution in [0.3, 0.4) is 0 Å². The monoisotopic (exact) mass is 318 g/mol. The molecule has 1 N–H and O–H groups in total. The van der Waals surface area contributed by atoms with E-state index in [1.54, 1.807) is 6.20 Å². The number of amides is 1. The summed E-state index contributed by atoms with van der Waals surface area (Å²) in [6.45, 7) is 1.71. The van der Waals surface area contributed by atoms with Crippen molar-refractivity contribution in [1.82, 2.24) is 20.0 Å². The molecule has 2 heterocycles. The average molecular weight is 318 g/mol. The highest BCUT2D eigenvalue weighted by Crippen LogP contribution is 2.33. The van der Waals surface area contributed by atoms with Crippen LogP contribution in [0.5, 0.6) is 0 Å². The summed E-state index contributed by atoms with van der Waals surface area (Å²) in [7, 11) is 4.23. The Morgan fingerprint density at radius 1 is 1.17 bits per heavy atom. The molecule has 1 saturated heterocycles. The molecule has 0 aromatic carbocycles. The molecule has 2 fully saturated rings. The Morgan fingerprint density at radius 3 is 2.65 bits per heavy atom. The number of nitrogens with one attached hydrogen (secondary N) is 1. The van der Waals surface area contributed by atoms with Crippen molar-refractivity contribution in [3.8, 4) is 0 Å². The molecule has 23 heavy (non-hydrogen) atoms. The third kappa shape index (κ3) is 3.77. The molecule has 1 aromatic heterocycles. The lowest BCUT2D eigenvalue weighted by atomic mass is 9.85. The maximum atomic E-state index is 13.1. The lowest BCUT2D eigenvalue weighted by Crippen LogP contribution is -2.42. The third-order valence-corrected chi connectivity index (χ3v) is 5.58. The number of H-pyrrole nitrogens is 1. The topological polar surface area (TPSA) is 52.2 Å². The molecule has 0 spiro atoms. The molecule has 0 radical (unpaired) electrons. The number of likely N-dealkylation sites (N-methyl/N-ethyl adjacent to an activating group) is 1. The Morgan fingerprint density at radius 2 is 1.91 bits per heavy atom. The van der Waals surface area contributed by atoms with Gasteiger partial charge in [0.15, 0.2) is 0 Å². The van der Waals surface area contributed by atoms with E-state index in [0.717, 1.165) is 30.8 Å². The summed E-state index contributed by atoms with van der Waals surface area (Å²) >= 11 is 0. The van der Waals surface area contributed by atoms with Gasteiger partial charge < -0.3 is 9.80 Å². The van der Waals surface area contributed by atoms with Crippen LogP contribution in [-0.4, -0.2) is 59.1 Å². The molecule has 1 aliphatic heterocycles. The van der Waals surface area contributed by atoms with E-state index in [1.807, 2.05) is 0 Å². The van der Waals surface area contributed by atoms with Crippen molar-refractivity contribution in [2.24, 2.45) is 0 Å². The van der Waals surface area contributed by atoms with Gasteiger partial charge in [-0.05, 0) is 39.8 Å². The number of carbonyl (C=O) groups is 1. The maximum Gasteiger partial charge on any atom is 0.257 e. The van der Waals surface area contributed by atoms with Crippen molar-refractivity contribution in [3.05, 3.63) is 17.5 Å². The maximum absolute atomic E-state index is 13.1. The van der Waals surface area contributed by atoms with Gasteiger partial charge in [0, 0.05) is 25.0 Å². The van der Waals surface area contributed by atoms with Crippen LogP contribution >= 0.6 is 0 Å². The summed E-state index contributed by atoms with van der Waals surface area (Å²) in [5.41, 5.74) is 1.90. The molecule has 1 aliphatic carbocycles. The van der Waals surface area contributed by atoms with Crippen LogP contribution in [0, 0.1) is 0 Å². The Kier molecular flexibility index (Phi) is 5.36. The number of nitrogens with zero attached hydrogens (tertiary/aromatic N) is 3. The van der Waals surface area contributed by atoms with Crippen molar-refractivity contribution >= 4 is 5.91 Å². The Hall–Kier alpha value is -1.36. The summed E-state index contributed by atoms with van der Waals surface area (Å²) < 4.78 is 0. The zero-order valence-electron chi connectivity index (χ0n) is 14.6. The molecule has 5 heteroatoms. The van der Waals surface area contributed by atoms with Gasteiger partial charge in [0.05, 0.1) is 17.5 Å². The summed E-state index contributed by atoms with van der Waals surface area (Å²) in [4.78, 5) is 17.4. The van der Waals surface area contributed by atoms with E-state index < -0.39 is 0 Å². The van der Waals surface area contributed by atoms with E-state index in [9.17, 15) is 4.79 Å². The van der Waals surface area contributed by atoms with E-state index in [-0.39, 0.29) is 5.91 Å². The summed E-state index contributed by atoms with van der Waals surface area (Å²) in [6, 6.07) is 0.464. The molecule has 128 valence electrons. The first-order valence-corrected chi connectivity index (χ1v) is 9.15. The number of rotatable bonds is 3. The number of carbonyl (C=O) groups excluding carboxylic acids is 1. The van der Waals surface area contributed by atoms with Gasteiger partial charge in [-0.3, -0.25) is 9.89 Å². The molecule has 0 bridgehead atoms. The summed E-state index contributed by atoms with van der Waals surface area (Å²) in [5, 5.41) is 7.35. The lowest BCUT2D eigenvalue weighted by molar-refractivity contribution is 0.0723. The van der Waals surface area contributed by atoms with E-state index in [0.29, 0.717) is 12.0 Å². The van der Waals surface area contributed by atoms with Gasteiger partial charge in [-0.1, -0.05) is 25.7 Å². The van der Waals surface area contributed by atoms with Gasteiger partial charge in [0.1, 0.15) is 0 Å².